The van der Waals surface area contributed by atoms with Crippen molar-refractivity contribution in [2.75, 3.05) is 6.54 Å². The largest absolute Gasteiger partial charge is 0.356 e. The lowest BCUT2D eigenvalue weighted by Gasteiger charge is -2.18. The van der Waals surface area contributed by atoms with Crippen LogP contribution in [-0.2, 0) is 9.59 Å². The van der Waals surface area contributed by atoms with Crippen LogP contribution in [0.3, 0.4) is 0 Å². The summed E-state index contributed by atoms with van der Waals surface area (Å²) < 4.78 is 0. The number of carbonyl (C=O) groups is 2. The summed E-state index contributed by atoms with van der Waals surface area (Å²) in [6.07, 6.45) is 29.4. The molecular formula is C33H65NO2. The van der Waals surface area contributed by atoms with Gasteiger partial charge in [0.1, 0.15) is 5.78 Å². The lowest BCUT2D eigenvalue weighted by Crippen LogP contribution is -2.33. The van der Waals surface area contributed by atoms with Crippen LogP contribution < -0.4 is 5.32 Å². The van der Waals surface area contributed by atoms with Crippen LogP contribution in [0, 0.1) is 11.8 Å². The zero-order chi connectivity index (χ0) is 26.7. The summed E-state index contributed by atoms with van der Waals surface area (Å²) in [7, 11) is 0. The monoisotopic (exact) mass is 508 g/mol. The minimum atomic E-state index is -0.145. The van der Waals surface area contributed by atoms with Gasteiger partial charge in [-0.2, -0.15) is 0 Å². The first-order valence-electron chi connectivity index (χ1n) is 16.3. The summed E-state index contributed by atoms with van der Waals surface area (Å²) in [5, 5.41) is 3.12. The molecule has 36 heavy (non-hydrogen) atoms. The van der Waals surface area contributed by atoms with Crippen molar-refractivity contribution in [3.05, 3.63) is 0 Å². The Balaban J connectivity index is 3.76. The van der Waals surface area contributed by atoms with E-state index in [1.807, 2.05) is 0 Å². The number of ketones is 1. The molecule has 0 spiro atoms. The van der Waals surface area contributed by atoms with Crippen molar-refractivity contribution in [2.45, 2.75) is 182 Å². The highest BCUT2D eigenvalue weighted by Crippen LogP contribution is 2.19. The molecule has 0 saturated carbocycles. The van der Waals surface area contributed by atoms with Gasteiger partial charge in [0, 0.05) is 25.3 Å². The Morgan fingerprint density at radius 2 is 0.944 bits per heavy atom. The van der Waals surface area contributed by atoms with Crippen molar-refractivity contribution in [1.29, 1.82) is 0 Å². The van der Waals surface area contributed by atoms with Gasteiger partial charge in [-0.3, -0.25) is 9.59 Å². The summed E-state index contributed by atoms with van der Waals surface area (Å²) in [6.45, 7) is 9.56. The molecule has 0 unspecified atom stereocenters. The average Bonchev–Trinajstić information content (AvgIpc) is 2.85. The van der Waals surface area contributed by atoms with Crippen molar-refractivity contribution < 1.29 is 9.59 Å². The van der Waals surface area contributed by atoms with Gasteiger partial charge in [0.15, 0.2) is 0 Å². The molecule has 0 aromatic carbocycles. The molecule has 0 heterocycles. The van der Waals surface area contributed by atoms with Gasteiger partial charge in [0.25, 0.3) is 0 Å². The predicted molar refractivity (Wildman–Crippen MR) is 159 cm³/mol. The Morgan fingerprint density at radius 1 is 0.556 bits per heavy atom. The van der Waals surface area contributed by atoms with Crippen molar-refractivity contribution in [1.82, 2.24) is 5.32 Å². The molecule has 1 N–H and O–H groups in total. The van der Waals surface area contributed by atoms with E-state index < -0.39 is 0 Å². The molecule has 0 saturated heterocycles. The molecule has 1 atom stereocenters. The summed E-state index contributed by atoms with van der Waals surface area (Å²) in [5.74, 6) is 0.675. The highest BCUT2D eigenvalue weighted by molar-refractivity contribution is 5.86. The van der Waals surface area contributed by atoms with Crippen LogP contribution in [0.2, 0.25) is 0 Å². The van der Waals surface area contributed by atoms with Crippen LogP contribution in [0.4, 0.5) is 0 Å². The van der Waals surface area contributed by atoms with Gasteiger partial charge in [-0.05, 0) is 25.2 Å². The quantitative estimate of drug-likeness (QED) is 0.107. The van der Waals surface area contributed by atoms with E-state index in [1.165, 1.54) is 116 Å². The van der Waals surface area contributed by atoms with Gasteiger partial charge < -0.3 is 5.32 Å². The molecule has 0 aliphatic rings. The number of rotatable bonds is 28. The molecule has 0 aliphatic heterocycles. The standard InChI is InChI=1S/C33H65NO2/c1-5-7-9-11-13-14-15-16-17-18-19-20-21-22-24-26-32(35)29-31(28-30(3)4)33(36)34-27-25-23-12-10-8-6-2/h30-31H,5-29H2,1-4H3,(H,34,36)/t31-/m1/s1. The molecule has 0 rings (SSSR count). The summed E-state index contributed by atoms with van der Waals surface area (Å²) >= 11 is 0. The first kappa shape index (κ1) is 35.1. The lowest BCUT2D eigenvalue weighted by molar-refractivity contribution is -0.130. The van der Waals surface area contributed by atoms with E-state index in [1.54, 1.807) is 0 Å². The van der Waals surface area contributed by atoms with Crippen LogP contribution >= 0.6 is 0 Å². The Hall–Kier alpha value is -0.860. The van der Waals surface area contributed by atoms with E-state index in [0.29, 0.717) is 18.8 Å². The molecule has 0 fully saturated rings. The SMILES string of the molecule is CCCCCCCCCCCCCCCCCC(=O)C[C@@H](CC(C)C)C(=O)NCCCCCCCC. The number of unbranched alkanes of at least 4 members (excludes halogenated alkanes) is 19. The second-order valence-corrected chi connectivity index (χ2v) is 11.8. The number of carbonyl (C=O) groups excluding carboxylic acids is 2. The third-order valence-corrected chi connectivity index (χ3v) is 7.49. The molecule has 3 nitrogen and oxygen atoms in total. The minimum absolute atomic E-state index is 0.0992. The van der Waals surface area contributed by atoms with E-state index in [9.17, 15) is 9.59 Å². The molecule has 1 amide bonds. The maximum atomic E-state index is 12.7. The highest BCUT2D eigenvalue weighted by atomic mass is 16.2. The molecule has 0 bridgehead atoms. The van der Waals surface area contributed by atoms with Crippen molar-refractivity contribution in [3.63, 3.8) is 0 Å². The van der Waals surface area contributed by atoms with Gasteiger partial charge >= 0.3 is 0 Å². The third kappa shape index (κ3) is 24.8. The Kier molecular flexibility index (Phi) is 26.5. The van der Waals surface area contributed by atoms with E-state index in [2.05, 4.69) is 33.0 Å². The van der Waals surface area contributed by atoms with E-state index in [4.69, 9.17) is 0 Å². The maximum absolute atomic E-state index is 12.7. The Morgan fingerprint density at radius 3 is 1.36 bits per heavy atom. The molecule has 0 aromatic heterocycles. The second-order valence-electron chi connectivity index (χ2n) is 11.8. The van der Waals surface area contributed by atoms with Gasteiger partial charge in [-0.25, -0.2) is 0 Å². The topological polar surface area (TPSA) is 46.2 Å². The van der Waals surface area contributed by atoms with Crippen LogP contribution in [0.15, 0.2) is 0 Å². The lowest BCUT2D eigenvalue weighted by atomic mass is 9.90. The summed E-state index contributed by atoms with van der Waals surface area (Å²) in [5.41, 5.74) is 0. The van der Waals surface area contributed by atoms with Gasteiger partial charge in [0.2, 0.25) is 5.91 Å². The number of amides is 1. The van der Waals surface area contributed by atoms with Gasteiger partial charge in [-0.15, -0.1) is 0 Å². The number of hydrogen-bond acceptors (Lipinski definition) is 2. The normalized spacial score (nSPS) is 12.2. The predicted octanol–water partition coefficient (Wildman–Crippen LogP) is 10.3. The maximum Gasteiger partial charge on any atom is 0.223 e. The minimum Gasteiger partial charge on any atom is -0.356 e. The molecule has 0 aromatic rings. The number of hydrogen-bond donors (Lipinski definition) is 1. The highest BCUT2D eigenvalue weighted by Gasteiger charge is 2.22. The van der Waals surface area contributed by atoms with E-state index >= 15 is 0 Å². The summed E-state index contributed by atoms with van der Waals surface area (Å²) in [4.78, 5) is 25.3. The molecule has 214 valence electrons. The van der Waals surface area contributed by atoms with Crippen LogP contribution in [0.5, 0.6) is 0 Å². The molecule has 0 radical (unpaired) electrons. The fourth-order valence-corrected chi connectivity index (χ4v) is 5.18. The average molecular weight is 508 g/mol. The Labute approximate surface area is 226 Å². The van der Waals surface area contributed by atoms with Crippen LogP contribution in [0.25, 0.3) is 0 Å². The molecule has 3 heteroatoms. The smallest absolute Gasteiger partial charge is 0.223 e. The first-order chi connectivity index (χ1) is 17.5. The van der Waals surface area contributed by atoms with Crippen LogP contribution in [-0.4, -0.2) is 18.2 Å². The molecular weight excluding hydrogens is 442 g/mol. The van der Waals surface area contributed by atoms with Crippen molar-refractivity contribution >= 4 is 11.7 Å². The first-order valence-corrected chi connectivity index (χ1v) is 16.3. The third-order valence-electron chi connectivity index (χ3n) is 7.49. The van der Waals surface area contributed by atoms with E-state index in [0.717, 1.165) is 32.2 Å². The van der Waals surface area contributed by atoms with Gasteiger partial charge in [0.05, 0.1) is 0 Å². The zero-order valence-corrected chi connectivity index (χ0v) is 25.1. The fraction of sp³-hybridized carbons (Fsp3) is 0.939. The van der Waals surface area contributed by atoms with E-state index in [-0.39, 0.29) is 17.6 Å². The van der Waals surface area contributed by atoms with Crippen LogP contribution in [0.1, 0.15) is 182 Å². The molecule has 0 aliphatic carbocycles. The van der Waals surface area contributed by atoms with Gasteiger partial charge in [-0.1, -0.05) is 150 Å². The fourth-order valence-electron chi connectivity index (χ4n) is 5.18. The number of Topliss-reactive ketones (excluding diaryl/α,β-unsaturated/α-hetero) is 1. The summed E-state index contributed by atoms with van der Waals surface area (Å²) in [6, 6.07) is 0. The number of nitrogens with one attached hydrogen (secondary N) is 1. The second kappa shape index (κ2) is 27.2. The zero-order valence-electron chi connectivity index (χ0n) is 25.1. The Bertz CT molecular complexity index is 488. The van der Waals surface area contributed by atoms with Crippen molar-refractivity contribution in [2.24, 2.45) is 11.8 Å². The van der Waals surface area contributed by atoms with Crippen molar-refractivity contribution in [3.8, 4) is 0 Å².